The van der Waals surface area contributed by atoms with E-state index in [-0.39, 0.29) is 5.41 Å². The molecule has 5 nitrogen and oxygen atoms in total. The molecule has 0 saturated heterocycles. The SMILES string of the molecule is CC(C)(CNC(=O)C(N)C(=O)O)c1cccc(Br)c1. The molecule has 19 heavy (non-hydrogen) atoms. The predicted octanol–water partition coefficient (Wildman–Crippen LogP) is 1.25. The predicted molar refractivity (Wildman–Crippen MR) is 75.8 cm³/mol. The Morgan fingerprint density at radius 3 is 2.63 bits per heavy atom. The first-order chi connectivity index (χ1) is 8.74. The summed E-state index contributed by atoms with van der Waals surface area (Å²) >= 11 is 3.39. The number of amides is 1. The average molecular weight is 329 g/mol. The lowest BCUT2D eigenvalue weighted by Crippen LogP contribution is -2.48. The number of nitrogens with one attached hydrogen (secondary N) is 1. The molecule has 0 aliphatic rings. The van der Waals surface area contributed by atoms with Crippen LogP contribution < -0.4 is 11.1 Å². The summed E-state index contributed by atoms with van der Waals surface area (Å²) in [4.78, 5) is 22.1. The maximum Gasteiger partial charge on any atom is 0.330 e. The number of aliphatic carboxylic acids is 1. The number of carboxylic acids is 1. The van der Waals surface area contributed by atoms with Crippen molar-refractivity contribution in [1.82, 2.24) is 5.32 Å². The minimum Gasteiger partial charge on any atom is -0.480 e. The standard InChI is InChI=1S/C13H17BrN2O3/c1-13(2,8-4-3-5-9(14)6-8)7-16-11(17)10(15)12(18)19/h3-6,10H,7,15H2,1-2H3,(H,16,17)(H,18,19). The molecule has 0 heterocycles. The number of halogens is 1. The molecule has 1 rings (SSSR count). The van der Waals surface area contributed by atoms with Gasteiger partial charge in [0.25, 0.3) is 0 Å². The molecule has 6 heteroatoms. The second-order valence-electron chi connectivity index (χ2n) is 4.93. The molecule has 1 amide bonds. The van der Waals surface area contributed by atoms with Crippen LogP contribution in [0.3, 0.4) is 0 Å². The molecular formula is C13H17BrN2O3. The first-order valence-electron chi connectivity index (χ1n) is 5.76. The maximum absolute atomic E-state index is 11.5. The van der Waals surface area contributed by atoms with Gasteiger partial charge in [0.2, 0.25) is 5.91 Å². The second kappa shape index (κ2) is 6.16. The minimum atomic E-state index is -1.53. The molecule has 1 aromatic carbocycles. The number of nitrogens with two attached hydrogens (primary N) is 1. The van der Waals surface area contributed by atoms with Crippen molar-refractivity contribution in [3.63, 3.8) is 0 Å². The van der Waals surface area contributed by atoms with Gasteiger partial charge in [0, 0.05) is 16.4 Å². The number of carboxylic acid groups (broad SMARTS) is 1. The van der Waals surface area contributed by atoms with Crippen molar-refractivity contribution in [2.45, 2.75) is 25.3 Å². The van der Waals surface area contributed by atoms with Crippen LogP contribution in [-0.2, 0) is 15.0 Å². The Morgan fingerprint density at radius 2 is 2.11 bits per heavy atom. The molecular weight excluding hydrogens is 312 g/mol. The van der Waals surface area contributed by atoms with E-state index in [9.17, 15) is 9.59 Å². The Morgan fingerprint density at radius 1 is 1.47 bits per heavy atom. The van der Waals surface area contributed by atoms with E-state index in [0.29, 0.717) is 6.54 Å². The second-order valence-corrected chi connectivity index (χ2v) is 5.84. The Kier molecular flexibility index (Phi) is 5.08. The van der Waals surface area contributed by atoms with Gasteiger partial charge in [0.1, 0.15) is 0 Å². The highest BCUT2D eigenvalue weighted by molar-refractivity contribution is 9.10. The Labute approximate surface area is 120 Å². The number of benzene rings is 1. The van der Waals surface area contributed by atoms with E-state index in [1.165, 1.54) is 0 Å². The summed E-state index contributed by atoms with van der Waals surface area (Å²) in [5.74, 6) is -2.02. The van der Waals surface area contributed by atoms with E-state index in [1.54, 1.807) is 0 Å². The zero-order chi connectivity index (χ0) is 14.6. The Balaban J connectivity index is 2.70. The minimum absolute atomic E-state index is 0.309. The number of carbonyl (C=O) groups is 2. The summed E-state index contributed by atoms with van der Waals surface area (Å²) in [5.41, 5.74) is 5.94. The first kappa shape index (κ1) is 15.7. The lowest BCUT2D eigenvalue weighted by Gasteiger charge is -2.26. The third kappa shape index (κ3) is 4.33. The Bertz CT molecular complexity index is 489. The lowest BCUT2D eigenvalue weighted by atomic mass is 9.84. The molecule has 1 aromatic rings. The maximum atomic E-state index is 11.5. The quantitative estimate of drug-likeness (QED) is 0.709. The van der Waals surface area contributed by atoms with Crippen molar-refractivity contribution in [2.24, 2.45) is 5.73 Å². The Hall–Kier alpha value is -1.40. The zero-order valence-electron chi connectivity index (χ0n) is 10.8. The monoisotopic (exact) mass is 328 g/mol. The summed E-state index contributed by atoms with van der Waals surface area (Å²) in [6.07, 6.45) is 0. The topological polar surface area (TPSA) is 92.4 Å². The molecule has 0 bridgehead atoms. The fraction of sp³-hybridized carbons (Fsp3) is 0.385. The van der Waals surface area contributed by atoms with Gasteiger partial charge >= 0.3 is 5.97 Å². The molecule has 1 unspecified atom stereocenters. The smallest absolute Gasteiger partial charge is 0.330 e. The van der Waals surface area contributed by atoms with Crippen molar-refractivity contribution >= 4 is 27.8 Å². The molecule has 1 atom stereocenters. The van der Waals surface area contributed by atoms with Gasteiger partial charge in [-0.1, -0.05) is 41.9 Å². The van der Waals surface area contributed by atoms with Gasteiger partial charge in [-0.25, -0.2) is 4.79 Å². The molecule has 0 fully saturated rings. The molecule has 0 radical (unpaired) electrons. The van der Waals surface area contributed by atoms with Gasteiger partial charge in [0.15, 0.2) is 6.04 Å². The molecule has 0 aromatic heterocycles. The first-order valence-corrected chi connectivity index (χ1v) is 6.55. The summed E-state index contributed by atoms with van der Waals surface area (Å²) in [7, 11) is 0. The van der Waals surface area contributed by atoms with Crippen LogP contribution in [0.2, 0.25) is 0 Å². The summed E-state index contributed by atoms with van der Waals surface area (Å²) in [5, 5.41) is 11.2. The molecule has 4 N–H and O–H groups in total. The normalized spacial score (nSPS) is 12.8. The summed E-state index contributed by atoms with van der Waals surface area (Å²) in [6.45, 7) is 4.23. The van der Waals surface area contributed by atoms with E-state index in [0.717, 1.165) is 10.0 Å². The van der Waals surface area contributed by atoms with Crippen molar-refractivity contribution < 1.29 is 14.7 Å². The van der Waals surface area contributed by atoms with Gasteiger partial charge in [-0.3, -0.25) is 4.79 Å². The van der Waals surface area contributed by atoms with E-state index in [1.807, 2.05) is 38.1 Å². The molecule has 0 aliphatic heterocycles. The van der Waals surface area contributed by atoms with Crippen LogP contribution in [0.1, 0.15) is 19.4 Å². The van der Waals surface area contributed by atoms with Gasteiger partial charge in [-0.2, -0.15) is 0 Å². The van der Waals surface area contributed by atoms with Crippen LogP contribution in [0.4, 0.5) is 0 Å². The van der Waals surface area contributed by atoms with Crippen molar-refractivity contribution in [1.29, 1.82) is 0 Å². The van der Waals surface area contributed by atoms with E-state index in [4.69, 9.17) is 10.8 Å². The van der Waals surface area contributed by atoms with Gasteiger partial charge in [-0.15, -0.1) is 0 Å². The van der Waals surface area contributed by atoms with Crippen molar-refractivity contribution in [2.75, 3.05) is 6.54 Å². The lowest BCUT2D eigenvalue weighted by molar-refractivity contribution is -0.142. The molecule has 104 valence electrons. The van der Waals surface area contributed by atoms with Gasteiger partial charge in [-0.05, 0) is 17.7 Å². The van der Waals surface area contributed by atoms with Gasteiger partial charge < -0.3 is 16.2 Å². The fourth-order valence-corrected chi connectivity index (χ4v) is 1.94. The molecule has 0 saturated carbocycles. The van der Waals surface area contributed by atoms with Crippen LogP contribution in [-0.4, -0.2) is 29.6 Å². The highest BCUT2D eigenvalue weighted by atomic mass is 79.9. The fourth-order valence-electron chi connectivity index (χ4n) is 1.54. The van der Waals surface area contributed by atoms with Crippen LogP contribution >= 0.6 is 15.9 Å². The third-order valence-corrected chi connectivity index (χ3v) is 3.35. The largest absolute Gasteiger partial charge is 0.480 e. The van der Waals surface area contributed by atoms with Crippen LogP contribution in [0.5, 0.6) is 0 Å². The van der Waals surface area contributed by atoms with E-state index in [2.05, 4.69) is 21.2 Å². The third-order valence-electron chi connectivity index (χ3n) is 2.86. The highest BCUT2D eigenvalue weighted by Gasteiger charge is 2.25. The van der Waals surface area contributed by atoms with Gasteiger partial charge in [0.05, 0.1) is 0 Å². The van der Waals surface area contributed by atoms with E-state index >= 15 is 0 Å². The number of carbonyl (C=O) groups excluding carboxylic acids is 1. The van der Waals surface area contributed by atoms with Crippen LogP contribution in [0.15, 0.2) is 28.7 Å². The number of hydrogen-bond donors (Lipinski definition) is 3. The highest BCUT2D eigenvalue weighted by Crippen LogP contribution is 2.24. The number of hydrogen-bond acceptors (Lipinski definition) is 3. The van der Waals surface area contributed by atoms with Crippen LogP contribution in [0, 0.1) is 0 Å². The molecule has 0 aliphatic carbocycles. The van der Waals surface area contributed by atoms with Crippen molar-refractivity contribution in [3.8, 4) is 0 Å². The molecule has 0 spiro atoms. The summed E-state index contributed by atoms with van der Waals surface area (Å²) < 4.78 is 0.951. The van der Waals surface area contributed by atoms with Crippen molar-refractivity contribution in [3.05, 3.63) is 34.3 Å². The van der Waals surface area contributed by atoms with E-state index < -0.39 is 17.9 Å². The average Bonchev–Trinajstić information content (AvgIpc) is 2.35. The van der Waals surface area contributed by atoms with Crippen LogP contribution in [0.25, 0.3) is 0 Å². The number of rotatable bonds is 5. The summed E-state index contributed by atoms with van der Waals surface area (Å²) in [6, 6.07) is 6.21. The zero-order valence-corrected chi connectivity index (χ0v) is 12.4.